The molecule has 0 unspecified atom stereocenters. The molecular weight excluding hydrogens is 203 g/mol. The fraction of sp³-hybridized carbons (Fsp3) is 0.889. The molecule has 0 aliphatic carbocycles. The summed E-state index contributed by atoms with van der Waals surface area (Å²) in [6.45, 7) is 7.32. The van der Waals surface area contributed by atoms with Gasteiger partial charge < -0.3 is 13.8 Å². The Morgan fingerprint density at radius 3 is 2.14 bits per heavy atom. The lowest BCUT2D eigenvalue weighted by Gasteiger charge is -2.14. The van der Waals surface area contributed by atoms with Crippen LogP contribution < -0.4 is 0 Å². The first kappa shape index (κ1) is 13.8. The van der Waals surface area contributed by atoms with E-state index in [9.17, 15) is 4.79 Å². The Hall–Kier alpha value is -0.180. The molecule has 0 spiro atoms. The lowest BCUT2D eigenvalue weighted by molar-refractivity contribution is -0.140. The van der Waals surface area contributed by atoms with Crippen molar-refractivity contribution in [2.24, 2.45) is 0 Å². The van der Waals surface area contributed by atoms with Crippen LogP contribution in [0.25, 0.3) is 0 Å². The number of hydrogen-bond donors (Lipinski definition) is 0. The van der Waals surface area contributed by atoms with Crippen molar-refractivity contribution in [2.75, 3.05) is 26.0 Å². The van der Waals surface area contributed by atoms with Gasteiger partial charge >= 0.3 is 5.97 Å². The maximum absolute atomic E-state index is 11.2. The zero-order chi connectivity index (χ0) is 10.8. The quantitative estimate of drug-likeness (QED) is 0.467. The van der Waals surface area contributed by atoms with Crippen LogP contribution in [0.15, 0.2) is 0 Å². The third-order valence-electron chi connectivity index (χ3n) is 1.27. The van der Waals surface area contributed by atoms with Crippen molar-refractivity contribution < 1.29 is 18.6 Å². The highest BCUT2D eigenvalue weighted by Gasteiger charge is 2.15. The fourth-order valence-electron chi connectivity index (χ4n) is 0.783. The maximum Gasteiger partial charge on any atom is 0.314 e. The van der Waals surface area contributed by atoms with Crippen LogP contribution in [0, 0.1) is 0 Å². The highest BCUT2D eigenvalue weighted by molar-refractivity contribution is 7.48. The number of ether oxygens (including phenoxy) is 1. The second kappa shape index (κ2) is 9.38. The van der Waals surface area contributed by atoms with Crippen LogP contribution in [0.3, 0.4) is 0 Å². The van der Waals surface area contributed by atoms with E-state index in [1.54, 1.807) is 0 Å². The van der Waals surface area contributed by atoms with Crippen molar-refractivity contribution >= 4 is 14.3 Å². The molecule has 0 rings (SSSR count). The van der Waals surface area contributed by atoms with Crippen LogP contribution in [0.1, 0.15) is 27.2 Å². The second-order valence-electron chi connectivity index (χ2n) is 2.55. The molecule has 0 aliphatic heterocycles. The van der Waals surface area contributed by atoms with Crippen molar-refractivity contribution in [1.82, 2.24) is 0 Å². The second-order valence-corrected chi connectivity index (χ2v) is 4.04. The molecular formula is C9H19O4P. The Morgan fingerprint density at radius 1 is 1.14 bits per heavy atom. The topological polar surface area (TPSA) is 44.8 Å². The van der Waals surface area contributed by atoms with Crippen molar-refractivity contribution in [3.63, 3.8) is 0 Å². The van der Waals surface area contributed by atoms with E-state index in [0.29, 0.717) is 19.8 Å². The van der Waals surface area contributed by atoms with E-state index in [2.05, 4.69) is 0 Å². The number of rotatable bonds is 8. The Bertz CT molecular complexity index is 146. The smallest absolute Gasteiger partial charge is 0.314 e. The van der Waals surface area contributed by atoms with E-state index in [-0.39, 0.29) is 12.1 Å². The molecule has 0 saturated heterocycles. The normalized spacial score (nSPS) is 10.6. The van der Waals surface area contributed by atoms with Crippen LogP contribution in [-0.4, -0.2) is 32.0 Å². The molecule has 0 N–H and O–H groups in total. The van der Waals surface area contributed by atoms with E-state index in [4.69, 9.17) is 13.8 Å². The Morgan fingerprint density at radius 2 is 1.71 bits per heavy atom. The average molecular weight is 222 g/mol. The molecule has 0 aliphatic rings. The first-order chi connectivity index (χ1) is 6.74. The summed E-state index contributed by atoms with van der Waals surface area (Å²) >= 11 is 0. The molecule has 4 nitrogen and oxygen atoms in total. The standard InChI is InChI=1S/C9H19O4P/c1-4-7-11-9(10)8-14(12-5-2)13-6-3/h4-8H2,1-3H3. The molecule has 5 heteroatoms. The molecule has 0 radical (unpaired) electrons. The molecule has 0 saturated carbocycles. The highest BCUT2D eigenvalue weighted by Crippen LogP contribution is 2.37. The van der Waals surface area contributed by atoms with Crippen LogP contribution in [0.2, 0.25) is 0 Å². The minimum absolute atomic E-state index is 0.233. The third-order valence-corrected chi connectivity index (χ3v) is 2.88. The van der Waals surface area contributed by atoms with Gasteiger partial charge in [0.2, 0.25) is 0 Å². The molecule has 0 aromatic rings. The van der Waals surface area contributed by atoms with E-state index in [0.717, 1.165) is 6.42 Å². The van der Waals surface area contributed by atoms with Gasteiger partial charge in [-0.2, -0.15) is 0 Å². The zero-order valence-electron chi connectivity index (χ0n) is 9.12. The van der Waals surface area contributed by atoms with Crippen molar-refractivity contribution in [2.45, 2.75) is 27.2 Å². The first-order valence-electron chi connectivity index (χ1n) is 4.93. The lowest BCUT2D eigenvalue weighted by atomic mass is 10.5. The van der Waals surface area contributed by atoms with Crippen molar-refractivity contribution in [3.8, 4) is 0 Å². The summed E-state index contributed by atoms with van der Waals surface area (Å²) in [5.41, 5.74) is 0. The lowest BCUT2D eigenvalue weighted by Crippen LogP contribution is -2.11. The molecule has 0 aromatic carbocycles. The number of hydrogen-bond acceptors (Lipinski definition) is 4. The van der Waals surface area contributed by atoms with Crippen molar-refractivity contribution in [3.05, 3.63) is 0 Å². The summed E-state index contributed by atoms with van der Waals surface area (Å²) in [7, 11) is -1.09. The van der Waals surface area contributed by atoms with Gasteiger partial charge in [-0.05, 0) is 20.3 Å². The Kier molecular flexibility index (Phi) is 9.26. The molecule has 84 valence electrons. The molecule has 0 heterocycles. The zero-order valence-corrected chi connectivity index (χ0v) is 10.0. The predicted octanol–water partition coefficient (Wildman–Crippen LogP) is 2.32. The summed E-state index contributed by atoms with van der Waals surface area (Å²) in [6.07, 6.45) is 1.07. The number of carbonyl (C=O) groups is 1. The van der Waals surface area contributed by atoms with E-state index in [1.807, 2.05) is 20.8 Å². The minimum atomic E-state index is -1.09. The van der Waals surface area contributed by atoms with E-state index in [1.165, 1.54) is 0 Å². The van der Waals surface area contributed by atoms with Gasteiger partial charge in [0, 0.05) is 0 Å². The maximum atomic E-state index is 11.2. The largest absolute Gasteiger partial charge is 0.465 e. The van der Waals surface area contributed by atoms with Gasteiger partial charge in [-0.15, -0.1) is 0 Å². The van der Waals surface area contributed by atoms with Gasteiger partial charge in [0.05, 0.1) is 19.8 Å². The minimum Gasteiger partial charge on any atom is -0.465 e. The molecule has 0 atom stereocenters. The number of esters is 1. The van der Waals surface area contributed by atoms with E-state index < -0.39 is 8.38 Å². The Labute approximate surface area is 86.8 Å². The van der Waals surface area contributed by atoms with Gasteiger partial charge in [0.25, 0.3) is 0 Å². The van der Waals surface area contributed by atoms with Gasteiger partial charge in [-0.3, -0.25) is 4.79 Å². The number of carbonyl (C=O) groups excluding carboxylic acids is 1. The summed E-state index contributed by atoms with van der Waals surface area (Å²) in [5, 5.41) is 0. The molecule has 0 amide bonds. The van der Waals surface area contributed by atoms with Crippen LogP contribution in [0.5, 0.6) is 0 Å². The summed E-state index contributed by atoms with van der Waals surface area (Å²) in [4.78, 5) is 11.2. The summed E-state index contributed by atoms with van der Waals surface area (Å²) < 4.78 is 15.5. The summed E-state index contributed by atoms with van der Waals surface area (Å²) in [5.74, 6) is -0.236. The molecule has 0 fully saturated rings. The predicted molar refractivity (Wildman–Crippen MR) is 56.3 cm³/mol. The van der Waals surface area contributed by atoms with Gasteiger partial charge in [-0.1, -0.05) is 6.92 Å². The third kappa shape index (κ3) is 7.25. The Balaban J connectivity index is 3.71. The van der Waals surface area contributed by atoms with Crippen LogP contribution >= 0.6 is 8.38 Å². The van der Waals surface area contributed by atoms with Crippen LogP contribution in [0.4, 0.5) is 0 Å². The fourth-order valence-corrected chi connectivity index (χ4v) is 1.92. The van der Waals surface area contributed by atoms with E-state index >= 15 is 0 Å². The van der Waals surface area contributed by atoms with Gasteiger partial charge in [0.1, 0.15) is 6.16 Å². The average Bonchev–Trinajstić information content (AvgIpc) is 2.15. The van der Waals surface area contributed by atoms with Gasteiger partial charge in [0.15, 0.2) is 8.38 Å². The monoisotopic (exact) mass is 222 g/mol. The molecule has 14 heavy (non-hydrogen) atoms. The summed E-state index contributed by atoms with van der Waals surface area (Å²) in [6, 6.07) is 0. The first-order valence-corrected chi connectivity index (χ1v) is 6.29. The van der Waals surface area contributed by atoms with Gasteiger partial charge in [-0.25, -0.2) is 0 Å². The SMILES string of the molecule is CCCOC(=O)CP(OCC)OCC. The highest BCUT2D eigenvalue weighted by atomic mass is 31.2. The molecule has 0 aromatic heterocycles. The van der Waals surface area contributed by atoms with Crippen molar-refractivity contribution in [1.29, 1.82) is 0 Å². The van der Waals surface area contributed by atoms with Crippen LogP contribution in [-0.2, 0) is 18.6 Å². The molecule has 0 bridgehead atoms.